The highest BCUT2D eigenvalue weighted by atomic mass is 35.5. The van der Waals surface area contributed by atoms with E-state index in [-0.39, 0.29) is 29.9 Å². The van der Waals surface area contributed by atoms with Crippen LogP contribution in [0.25, 0.3) is 0 Å². The number of hydrogen-bond donors (Lipinski definition) is 2. The maximum absolute atomic E-state index is 12.0. The predicted octanol–water partition coefficient (Wildman–Crippen LogP) is -0.894. The fourth-order valence-corrected chi connectivity index (χ4v) is 2.44. The van der Waals surface area contributed by atoms with Crippen molar-refractivity contribution in [3.63, 3.8) is 0 Å². The van der Waals surface area contributed by atoms with Crippen LogP contribution in [-0.2, 0) is 21.9 Å². The van der Waals surface area contributed by atoms with Crippen LogP contribution < -0.4 is 10.0 Å². The summed E-state index contributed by atoms with van der Waals surface area (Å²) in [6.07, 6.45) is 1.41. The first-order valence-corrected chi connectivity index (χ1v) is 7.64. The Morgan fingerprint density at radius 1 is 1.48 bits per heavy atom. The fraction of sp³-hybridized carbons (Fsp3) is 0.636. The van der Waals surface area contributed by atoms with Crippen molar-refractivity contribution in [2.45, 2.75) is 11.9 Å². The Kier molecular flexibility index (Phi) is 7.86. The normalized spacial score (nSPS) is 11.0. The highest BCUT2D eigenvalue weighted by Gasteiger charge is 2.20. The van der Waals surface area contributed by atoms with Gasteiger partial charge in [-0.2, -0.15) is 0 Å². The number of carbonyl (C=O) groups excluding carboxylic acids is 1. The maximum Gasteiger partial charge on any atom is 0.260 e. The standard InChI is InChI=1S/C11H21N5O3S.ClH/c1-9-14-10(8-16(9)4)20(18,19)13-7-11(17)15(3)6-5-12-2;/h8,12-13H,5-7H2,1-4H3;1H. The third kappa shape index (κ3) is 5.62. The second-order valence-corrected chi connectivity index (χ2v) is 6.19. The smallest absolute Gasteiger partial charge is 0.260 e. The lowest BCUT2D eigenvalue weighted by atomic mass is 10.5. The van der Waals surface area contributed by atoms with E-state index in [1.807, 2.05) is 0 Å². The van der Waals surface area contributed by atoms with E-state index in [1.165, 1.54) is 11.1 Å². The number of likely N-dealkylation sites (N-methyl/N-ethyl adjacent to an activating group) is 2. The summed E-state index contributed by atoms with van der Waals surface area (Å²) < 4.78 is 27.8. The molecule has 0 bridgehead atoms. The lowest BCUT2D eigenvalue weighted by molar-refractivity contribution is -0.128. The Hall–Kier alpha value is -1.16. The van der Waals surface area contributed by atoms with Crippen molar-refractivity contribution in [3.8, 4) is 0 Å². The number of sulfonamides is 1. The molecule has 1 rings (SSSR count). The molecule has 1 aromatic heterocycles. The van der Waals surface area contributed by atoms with Crippen molar-refractivity contribution in [2.24, 2.45) is 7.05 Å². The molecule has 0 saturated heterocycles. The summed E-state index contributed by atoms with van der Waals surface area (Å²) in [5.74, 6) is 0.291. The molecule has 1 aromatic rings. The average Bonchev–Trinajstić information content (AvgIpc) is 2.74. The monoisotopic (exact) mass is 339 g/mol. The molecule has 0 aliphatic heterocycles. The molecule has 10 heteroatoms. The number of aromatic nitrogens is 2. The Morgan fingerprint density at radius 3 is 2.57 bits per heavy atom. The van der Waals surface area contributed by atoms with Crippen LogP contribution >= 0.6 is 12.4 Å². The Balaban J connectivity index is 0.00000400. The molecule has 2 N–H and O–H groups in total. The molecule has 0 fully saturated rings. The van der Waals surface area contributed by atoms with Crippen LogP contribution in [0.4, 0.5) is 0 Å². The largest absolute Gasteiger partial charge is 0.343 e. The fourth-order valence-electron chi connectivity index (χ4n) is 1.43. The third-order valence-electron chi connectivity index (χ3n) is 2.90. The molecule has 1 heterocycles. The van der Waals surface area contributed by atoms with Crippen molar-refractivity contribution in [3.05, 3.63) is 12.0 Å². The van der Waals surface area contributed by atoms with Gasteiger partial charge in [0.15, 0.2) is 5.03 Å². The van der Waals surface area contributed by atoms with Gasteiger partial charge in [-0.1, -0.05) is 0 Å². The third-order valence-corrected chi connectivity index (χ3v) is 4.17. The highest BCUT2D eigenvalue weighted by Crippen LogP contribution is 2.06. The van der Waals surface area contributed by atoms with E-state index in [0.717, 1.165) is 0 Å². The molecule has 0 aliphatic rings. The molecule has 0 atom stereocenters. The zero-order valence-electron chi connectivity index (χ0n) is 12.6. The molecule has 0 spiro atoms. The first-order valence-electron chi connectivity index (χ1n) is 6.16. The van der Waals surface area contributed by atoms with Gasteiger partial charge in [0, 0.05) is 33.4 Å². The summed E-state index contributed by atoms with van der Waals surface area (Å²) in [6, 6.07) is 0. The van der Waals surface area contributed by atoms with E-state index in [0.29, 0.717) is 18.9 Å². The number of nitrogens with zero attached hydrogens (tertiary/aromatic N) is 3. The SMILES string of the molecule is CNCCN(C)C(=O)CNS(=O)(=O)c1cn(C)c(C)n1.Cl. The Labute approximate surface area is 131 Å². The first kappa shape index (κ1) is 19.8. The number of aryl methyl sites for hydroxylation is 2. The molecular weight excluding hydrogens is 318 g/mol. The quantitative estimate of drug-likeness (QED) is 0.671. The van der Waals surface area contributed by atoms with Crippen LogP contribution in [0.15, 0.2) is 11.2 Å². The summed E-state index contributed by atoms with van der Waals surface area (Å²) in [5.41, 5.74) is 0. The number of amides is 1. The number of hydrogen-bond acceptors (Lipinski definition) is 5. The van der Waals surface area contributed by atoms with Gasteiger partial charge in [0.05, 0.1) is 6.54 Å². The maximum atomic E-state index is 12.0. The van der Waals surface area contributed by atoms with Gasteiger partial charge in [0.25, 0.3) is 10.0 Å². The van der Waals surface area contributed by atoms with Crippen LogP contribution in [0.3, 0.4) is 0 Å². The minimum absolute atomic E-state index is 0. The molecule has 122 valence electrons. The zero-order chi connectivity index (χ0) is 15.3. The van der Waals surface area contributed by atoms with Crippen LogP contribution in [0, 0.1) is 6.92 Å². The Bertz CT molecular complexity index is 553. The molecule has 0 radical (unpaired) electrons. The van der Waals surface area contributed by atoms with Gasteiger partial charge in [0.2, 0.25) is 5.91 Å². The molecule has 1 amide bonds. The first-order chi connectivity index (χ1) is 9.27. The van der Waals surface area contributed by atoms with E-state index < -0.39 is 10.0 Å². The van der Waals surface area contributed by atoms with Crippen molar-refractivity contribution in [1.82, 2.24) is 24.5 Å². The van der Waals surface area contributed by atoms with Gasteiger partial charge in [-0.15, -0.1) is 12.4 Å². The molecule has 21 heavy (non-hydrogen) atoms. The van der Waals surface area contributed by atoms with Gasteiger partial charge in [-0.25, -0.2) is 18.1 Å². The van der Waals surface area contributed by atoms with Gasteiger partial charge in [-0.3, -0.25) is 4.79 Å². The van der Waals surface area contributed by atoms with Crippen molar-refractivity contribution in [1.29, 1.82) is 0 Å². The topological polar surface area (TPSA) is 96.3 Å². The summed E-state index contributed by atoms with van der Waals surface area (Å²) in [6.45, 7) is 2.59. The van der Waals surface area contributed by atoms with Gasteiger partial charge in [0.1, 0.15) is 5.82 Å². The van der Waals surface area contributed by atoms with Crippen LogP contribution in [0.1, 0.15) is 5.82 Å². The van der Waals surface area contributed by atoms with Gasteiger partial charge >= 0.3 is 0 Å². The van der Waals surface area contributed by atoms with E-state index >= 15 is 0 Å². The van der Waals surface area contributed by atoms with Crippen LogP contribution in [0.5, 0.6) is 0 Å². The van der Waals surface area contributed by atoms with E-state index in [2.05, 4.69) is 15.0 Å². The zero-order valence-corrected chi connectivity index (χ0v) is 14.2. The molecular formula is C11H22ClN5O3S. The molecule has 0 aromatic carbocycles. The predicted molar refractivity (Wildman–Crippen MR) is 81.9 cm³/mol. The lowest BCUT2D eigenvalue weighted by Gasteiger charge is -2.16. The van der Waals surface area contributed by atoms with Crippen LogP contribution in [0.2, 0.25) is 0 Å². The summed E-state index contributed by atoms with van der Waals surface area (Å²) in [5, 5.41) is 2.83. The number of carbonyl (C=O) groups is 1. The number of imidazole rings is 1. The minimum atomic E-state index is -3.76. The summed E-state index contributed by atoms with van der Waals surface area (Å²) in [4.78, 5) is 17.1. The highest BCUT2D eigenvalue weighted by molar-refractivity contribution is 7.89. The van der Waals surface area contributed by atoms with Gasteiger partial charge in [-0.05, 0) is 14.0 Å². The van der Waals surface area contributed by atoms with E-state index in [9.17, 15) is 13.2 Å². The number of rotatable bonds is 7. The summed E-state index contributed by atoms with van der Waals surface area (Å²) in [7, 11) is 1.36. The van der Waals surface area contributed by atoms with Gasteiger partial charge < -0.3 is 14.8 Å². The van der Waals surface area contributed by atoms with Crippen molar-refractivity contribution < 1.29 is 13.2 Å². The molecule has 8 nitrogen and oxygen atoms in total. The second-order valence-electron chi connectivity index (χ2n) is 4.48. The van der Waals surface area contributed by atoms with E-state index in [4.69, 9.17) is 0 Å². The molecule has 0 unspecified atom stereocenters. The molecule has 0 aliphatic carbocycles. The van der Waals surface area contributed by atoms with Crippen molar-refractivity contribution in [2.75, 3.05) is 33.7 Å². The average molecular weight is 340 g/mol. The second kappa shape index (κ2) is 8.32. The number of nitrogens with one attached hydrogen (secondary N) is 2. The lowest BCUT2D eigenvalue weighted by Crippen LogP contribution is -2.40. The van der Waals surface area contributed by atoms with Crippen molar-refractivity contribution >= 4 is 28.3 Å². The minimum Gasteiger partial charge on any atom is -0.343 e. The van der Waals surface area contributed by atoms with Crippen LogP contribution in [-0.4, -0.2) is 62.5 Å². The van der Waals surface area contributed by atoms with E-state index in [1.54, 1.807) is 32.6 Å². The number of halogens is 1. The summed E-state index contributed by atoms with van der Waals surface area (Å²) >= 11 is 0. The Morgan fingerprint density at radius 2 is 2.10 bits per heavy atom. The molecule has 0 saturated carbocycles.